The first-order chi connectivity index (χ1) is 10.6. The number of halogens is 3. The van der Waals surface area contributed by atoms with Gasteiger partial charge in [0.05, 0.1) is 12.7 Å². The van der Waals surface area contributed by atoms with Gasteiger partial charge in [0.1, 0.15) is 5.75 Å². The molecule has 0 saturated heterocycles. The molecule has 0 fully saturated rings. The van der Waals surface area contributed by atoms with E-state index < -0.39 is 6.61 Å². The third-order valence-electron chi connectivity index (χ3n) is 2.76. The van der Waals surface area contributed by atoms with Crippen LogP contribution in [0.2, 0.25) is 0 Å². The Morgan fingerprint density at radius 2 is 2.09 bits per heavy atom. The van der Waals surface area contributed by atoms with Gasteiger partial charge in [-0.25, -0.2) is 0 Å². The van der Waals surface area contributed by atoms with E-state index >= 15 is 0 Å². The molecule has 0 aliphatic carbocycles. The minimum atomic E-state index is -2.88. The Bertz CT molecular complexity index is 654. The van der Waals surface area contributed by atoms with E-state index in [2.05, 4.69) is 9.84 Å². The van der Waals surface area contributed by atoms with E-state index in [1.807, 2.05) is 0 Å². The van der Waals surface area contributed by atoms with Crippen molar-refractivity contribution in [1.29, 1.82) is 0 Å². The van der Waals surface area contributed by atoms with Crippen LogP contribution in [0.1, 0.15) is 15.9 Å². The quantitative estimate of drug-likeness (QED) is 0.443. The van der Waals surface area contributed by atoms with E-state index in [1.165, 1.54) is 30.3 Å². The van der Waals surface area contributed by atoms with Gasteiger partial charge in [-0.2, -0.15) is 13.9 Å². The van der Waals surface area contributed by atoms with Crippen molar-refractivity contribution in [2.45, 2.75) is 13.2 Å². The highest BCUT2D eigenvalue weighted by Gasteiger charge is 2.06. The molecule has 0 unspecified atom stereocenters. The molecule has 4 nitrogen and oxygen atoms in total. The third kappa shape index (κ3) is 4.66. The van der Waals surface area contributed by atoms with Gasteiger partial charge in [-0.3, -0.25) is 9.48 Å². The summed E-state index contributed by atoms with van der Waals surface area (Å²) in [5.74, 6) is 0.225. The van der Waals surface area contributed by atoms with E-state index in [-0.39, 0.29) is 11.5 Å². The van der Waals surface area contributed by atoms with Crippen molar-refractivity contribution in [3.63, 3.8) is 0 Å². The fraction of sp³-hybridized carbons (Fsp3) is 0.200. The molecule has 116 valence electrons. The molecule has 0 spiro atoms. The number of rotatable bonds is 7. The van der Waals surface area contributed by atoms with Gasteiger partial charge in [0, 0.05) is 23.2 Å². The van der Waals surface area contributed by atoms with Crippen LogP contribution in [0, 0.1) is 0 Å². The fourth-order valence-corrected chi connectivity index (χ4v) is 1.92. The van der Waals surface area contributed by atoms with Crippen molar-refractivity contribution in [2.75, 3.05) is 5.88 Å². The topological polar surface area (TPSA) is 44.1 Å². The Morgan fingerprint density at radius 3 is 2.73 bits per heavy atom. The molecule has 0 bridgehead atoms. The number of nitrogens with zero attached hydrogens (tertiary/aromatic N) is 2. The Hall–Kier alpha value is -2.21. The average molecular weight is 327 g/mol. The summed E-state index contributed by atoms with van der Waals surface area (Å²) >= 11 is 5.61. The maximum Gasteiger partial charge on any atom is 0.387 e. The van der Waals surface area contributed by atoms with Crippen LogP contribution < -0.4 is 4.74 Å². The molecule has 7 heteroatoms. The van der Waals surface area contributed by atoms with Crippen molar-refractivity contribution < 1.29 is 18.3 Å². The minimum Gasteiger partial charge on any atom is -0.435 e. The van der Waals surface area contributed by atoms with Crippen LogP contribution in [-0.2, 0) is 6.54 Å². The standard InChI is InChI=1S/C15H13ClF2N2O2/c16-7-8-20-10-11(9-19-20)1-6-14(21)12-2-4-13(5-3-12)22-15(17)18/h1-6,9-10,15H,7-8H2/b6-1+. The molecule has 0 radical (unpaired) electrons. The molecular formula is C15H13ClF2N2O2. The van der Waals surface area contributed by atoms with Crippen LogP contribution in [-0.4, -0.2) is 28.1 Å². The molecule has 1 aromatic carbocycles. The first kappa shape index (κ1) is 16.2. The summed E-state index contributed by atoms with van der Waals surface area (Å²) in [4.78, 5) is 12.0. The largest absolute Gasteiger partial charge is 0.435 e. The predicted molar refractivity (Wildman–Crippen MR) is 79.4 cm³/mol. The molecule has 0 amide bonds. The van der Waals surface area contributed by atoms with Crippen LogP contribution in [0.25, 0.3) is 6.08 Å². The highest BCUT2D eigenvalue weighted by atomic mass is 35.5. The smallest absolute Gasteiger partial charge is 0.387 e. The zero-order valence-corrected chi connectivity index (χ0v) is 12.2. The molecule has 0 saturated carbocycles. The zero-order valence-electron chi connectivity index (χ0n) is 11.5. The van der Waals surface area contributed by atoms with Gasteiger partial charge in [-0.15, -0.1) is 11.6 Å². The van der Waals surface area contributed by atoms with Crippen LogP contribution >= 0.6 is 11.6 Å². The van der Waals surface area contributed by atoms with Crippen LogP contribution in [0.5, 0.6) is 5.75 Å². The van der Waals surface area contributed by atoms with Crippen LogP contribution in [0.4, 0.5) is 8.78 Å². The number of hydrogen-bond acceptors (Lipinski definition) is 3. The monoisotopic (exact) mass is 326 g/mol. The first-order valence-electron chi connectivity index (χ1n) is 6.44. The maximum absolute atomic E-state index is 12.0. The van der Waals surface area contributed by atoms with Crippen molar-refractivity contribution >= 4 is 23.5 Å². The number of benzene rings is 1. The number of ketones is 1. The molecule has 0 aliphatic heterocycles. The van der Waals surface area contributed by atoms with E-state index in [1.54, 1.807) is 23.2 Å². The summed E-state index contributed by atoms with van der Waals surface area (Å²) in [7, 11) is 0. The van der Waals surface area contributed by atoms with Crippen molar-refractivity contribution in [3.8, 4) is 5.75 Å². The van der Waals surface area contributed by atoms with Crippen LogP contribution in [0.15, 0.2) is 42.7 Å². The van der Waals surface area contributed by atoms with Gasteiger partial charge in [-0.05, 0) is 36.4 Å². The number of alkyl halides is 3. The summed E-state index contributed by atoms with van der Waals surface area (Å²) in [5.41, 5.74) is 1.15. The Morgan fingerprint density at radius 1 is 1.36 bits per heavy atom. The summed E-state index contributed by atoms with van der Waals surface area (Å²) in [6.45, 7) is -2.29. The molecular weight excluding hydrogens is 314 g/mol. The second kappa shape index (κ2) is 7.70. The van der Waals surface area contributed by atoms with E-state index in [0.29, 0.717) is 18.0 Å². The van der Waals surface area contributed by atoms with E-state index in [9.17, 15) is 13.6 Å². The average Bonchev–Trinajstić information content (AvgIpc) is 2.93. The van der Waals surface area contributed by atoms with Gasteiger partial charge < -0.3 is 4.74 Å². The SMILES string of the molecule is O=C(/C=C/c1cnn(CCCl)c1)c1ccc(OC(F)F)cc1. The van der Waals surface area contributed by atoms with Gasteiger partial charge >= 0.3 is 6.61 Å². The Labute approximate surface area is 131 Å². The first-order valence-corrected chi connectivity index (χ1v) is 6.97. The van der Waals surface area contributed by atoms with Gasteiger partial charge in [0.15, 0.2) is 5.78 Å². The predicted octanol–water partition coefficient (Wildman–Crippen LogP) is 3.62. The Balaban J connectivity index is 2.00. The molecule has 22 heavy (non-hydrogen) atoms. The van der Waals surface area contributed by atoms with Crippen molar-refractivity contribution in [1.82, 2.24) is 9.78 Å². The number of allylic oxidation sites excluding steroid dienone is 1. The van der Waals surface area contributed by atoms with Crippen LogP contribution in [0.3, 0.4) is 0 Å². The highest BCUT2D eigenvalue weighted by molar-refractivity contribution is 6.17. The lowest BCUT2D eigenvalue weighted by Gasteiger charge is -2.04. The molecule has 0 aliphatic rings. The maximum atomic E-state index is 12.0. The second-order valence-electron chi connectivity index (χ2n) is 4.33. The molecule has 0 N–H and O–H groups in total. The highest BCUT2D eigenvalue weighted by Crippen LogP contribution is 2.15. The second-order valence-corrected chi connectivity index (χ2v) is 4.70. The minimum absolute atomic E-state index is 0.0119. The number of ether oxygens (including phenoxy) is 1. The van der Waals surface area contributed by atoms with Gasteiger partial charge in [0.25, 0.3) is 0 Å². The normalized spacial score (nSPS) is 11.3. The summed E-state index contributed by atoms with van der Waals surface area (Å²) in [6, 6.07) is 5.51. The Kier molecular flexibility index (Phi) is 5.66. The number of carbonyl (C=O) groups excluding carboxylic acids is 1. The lowest BCUT2D eigenvalue weighted by molar-refractivity contribution is -0.0498. The molecule has 2 aromatic rings. The summed E-state index contributed by atoms with van der Waals surface area (Å²) in [5, 5.41) is 4.08. The molecule has 1 aromatic heterocycles. The number of carbonyl (C=O) groups is 1. The summed E-state index contributed by atoms with van der Waals surface area (Å²) < 4.78 is 30.0. The molecule has 2 rings (SSSR count). The lowest BCUT2D eigenvalue weighted by atomic mass is 10.1. The fourth-order valence-electron chi connectivity index (χ4n) is 1.74. The van der Waals surface area contributed by atoms with Gasteiger partial charge in [-0.1, -0.05) is 0 Å². The zero-order chi connectivity index (χ0) is 15.9. The number of hydrogen-bond donors (Lipinski definition) is 0. The molecule has 1 heterocycles. The lowest BCUT2D eigenvalue weighted by Crippen LogP contribution is -2.02. The summed E-state index contributed by atoms with van der Waals surface area (Å²) in [6.07, 6.45) is 6.41. The van der Waals surface area contributed by atoms with E-state index in [4.69, 9.17) is 11.6 Å². The third-order valence-corrected chi connectivity index (χ3v) is 2.93. The van der Waals surface area contributed by atoms with E-state index in [0.717, 1.165) is 5.56 Å². The van der Waals surface area contributed by atoms with Gasteiger partial charge in [0.2, 0.25) is 0 Å². The molecule has 0 atom stereocenters. The number of aromatic nitrogens is 2. The van der Waals surface area contributed by atoms with Crippen molar-refractivity contribution in [3.05, 3.63) is 53.9 Å². The number of aryl methyl sites for hydroxylation is 1. The van der Waals surface area contributed by atoms with Crippen molar-refractivity contribution in [2.24, 2.45) is 0 Å².